The van der Waals surface area contributed by atoms with Gasteiger partial charge in [-0.05, 0) is 61.6 Å². The Kier molecular flexibility index (Phi) is 6.79. The Bertz CT molecular complexity index is 1160. The highest BCUT2D eigenvalue weighted by Gasteiger charge is 2.28. The molecule has 0 atom stereocenters. The molecule has 0 spiro atoms. The fourth-order valence-electron chi connectivity index (χ4n) is 5.15. The molecular formula is C27H33FN6O. The van der Waals surface area contributed by atoms with Gasteiger partial charge in [0.05, 0.1) is 0 Å². The van der Waals surface area contributed by atoms with Crippen molar-refractivity contribution in [2.75, 3.05) is 31.1 Å². The van der Waals surface area contributed by atoms with Crippen molar-refractivity contribution in [1.29, 1.82) is 0 Å². The van der Waals surface area contributed by atoms with Crippen LogP contribution in [0.15, 0.2) is 42.6 Å². The quantitative estimate of drug-likeness (QED) is 0.545. The van der Waals surface area contributed by atoms with E-state index in [2.05, 4.69) is 16.8 Å². The third kappa shape index (κ3) is 5.21. The number of carbonyl (C=O) groups is 1. The second kappa shape index (κ2) is 10.1. The van der Waals surface area contributed by atoms with Crippen LogP contribution in [0, 0.1) is 18.7 Å². The van der Waals surface area contributed by atoms with Crippen molar-refractivity contribution in [3.8, 4) is 11.4 Å². The number of benzene rings is 1. The molecule has 1 amide bonds. The zero-order valence-electron chi connectivity index (χ0n) is 20.5. The molecule has 5 rings (SSSR count). The summed E-state index contributed by atoms with van der Waals surface area (Å²) in [4.78, 5) is 26.7. The van der Waals surface area contributed by atoms with Gasteiger partial charge < -0.3 is 9.80 Å². The molecule has 2 aromatic heterocycles. The van der Waals surface area contributed by atoms with Gasteiger partial charge in [-0.25, -0.2) is 19.0 Å². The number of amides is 1. The molecular weight excluding hydrogens is 443 g/mol. The van der Waals surface area contributed by atoms with E-state index in [1.54, 1.807) is 25.3 Å². The van der Waals surface area contributed by atoms with Crippen molar-refractivity contribution < 1.29 is 9.18 Å². The van der Waals surface area contributed by atoms with E-state index in [4.69, 9.17) is 10.1 Å². The van der Waals surface area contributed by atoms with E-state index >= 15 is 0 Å². The number of aryl methyl sites for hydroxylation is 1. The summed E-state index contributed by atoms with van der Waals surface area (Å²) < 4.78 is 15.6. The monoisotopic (exact) mass is 476 g/mol. The smallest absolute Gasteiger partial charge is 0.244 e. The van der Waals surface area contributed by atoms with Gasteiger partial charge >= 0.3 is 0 Å². The maximum Gasteiger partial charge on any atom is 0.244 e. The summed E-state index contributed by atoms with van der Waals surface area (Å²) >= 11 is 0. The molecule has 0 bridgehead atoms. The molecule has 1 saturated carbocycles. The lowest BCUT2D eigenvalue weighted by molar-refractivity contribution is -0.132. The van der Waals surface area contributed by atoms with Crippen molar-refractivity contribution in [3.05, 3.63) is 59.8 Å². The van der Waals surface area contributed by atoms with Crippen LogP contribution in [0.25, 0.3) is 11.4 Å². The van der Waals surface area contributed by atoms with Gasteiger partial charge in [0, 0.05) is 43.9 Å². The summed E-state index contributed by atoms with van der Waals surface area (Å²) in [6.45, 7) is 7.04. The Labute approximate surface area is 206 Å². The third-order valence-corrected chi connectivity index (χ3v) is 7.39. The van der Waals surface area contributed by atoms with Crippen LogP contribution >= 0.6 is 0 Å². The van der Waals surface area contributed by atoms with Gasteiger partial charge in [0.2, 0.25) is 5.91 Å². The first-order valence-corrected chi connectivity index (χ1v) is 12.6. The van der Waals surface area contributed by atoms with E-state index in [0.29, 0.717) is 30.4 Å². The largest absolute Gasteiger partial charge is 0.353 e. The average Bonchev–Trinajstić information content (AvgIpc) is 3.30. The van der Waals surface area contributed by atoms with Crippen molar-refractivity contribution in [2.24, 2.45) is 5.92 Å². The topological polar surface area (TPSA) is 67.2 Å². The van der Waals surface area contributed by atoms with Crippen LogP contribution in [-0.4, -0.2) is 56.7 Å². The van der Waals surface area contributed by atoms with Crippen LogP contribution in [0.3, 0.4) is 0 Å². The molecule has 1 aromatic carbocycles. The van der Waals surface area contributed by atoms with Gasteiger partial charge in [-0.15, -0.1) is 0 Å². The van der Waals surface area contributed by atoms with Gasteiger partial charge in [-0.1, -0.05) is 25.8 Å². The highest BCUT2D eigenvalue weighted by Crippen LogP contribution is 2.35. The Morgan fingerprint density at radius 2 is 1.83 bits per heavy atom. The summed E-state index contributed by atoms with van der Waals surface area (Å²) in [5.41, 5.74) is 1.35. The van der Waals surface area contributed by atoms with Crippen molar-refractivity contribution in [3.63, 3.8) is 0 Å². The summed E-state index contributed by atoms with van der Waals surface area (Å²) in [6, 6.07) is 10.8. The molecule has 3 heterocycles. The number of piperazine rings is 1. The molecule has 184 valence electrons. The van der Waals surface area contributed by atoms with E-state index in [9.17, 15) is 9.18 Å². The first-order chi connectivity index (χ1) is 17.0. The summed E-state index contributed by atoms with van der Waals surface area (Å²) in [6.07, 6.45) is 6.22. The van der Waals surface area contributed by atoms with E-state index < -0.39 is 0 Å². The molecule has 0 N–H and O–H groups in total. The maximum atomic E-state index is 13.8. The number of carbonyl (C=O) groups excluding carboxylic acids is 1. The normalized spacial score (nSPS) is 20.8. The van der Waals surface area contributed by atoms with Crippen molar-refractivity contribution in [1.82, 2.24) is 24.6 Å². The molecule has 8 heteroatoms. The lowest BCUT2D eigenvalue weighted by atomic mass is 9.82. The zero-order valence-corrected chi connectivity index (χ0v) is 20.5. The van der Waals surface area contributed by atoms with Crippen LogP contribution < -0.4 is 4.90 Å². The minimum atomic E-state index is -0.241. The molecule has 2 aliphatic rings. The molecule has 3 aromatic rings. The predicted octanol–water partition coefficient (Wildman–Crippen LogP) is 4.43. The Balaban J connectivity index is 1.33. The van der Waals surface area contributed by atoms with Gasteiger partial charge in [0.15, 0.2) is 5.82 Å². The van der Waals surface area contributed by atoms with Gasteiger partial charge in [0.1, 0.15) is 24.0 Å². The number of pyridine rings is 1. The number of hydrogen-bond donors (Lipinski definition) is 0. The molecule has 2 fully saturated rings. The molecule has 35 heavy (non-hydrogen) atoms. The Morgan fingerprint density at radius 1 is 1.06 bits per heavy atom. The number of nitrogens with zero attached hydrogens (tertiary/aromatic N) is 6. The number of anilines is 1. The maximum absolute atomic E-state index is 13.8. The SMILES string of the molecule is Cc1cc(-c2nc(C3CCC(C)CC3)n(CC(=O)N3CCN(c4ccccn4)CC3)n2)ccc1F. The molecule has 0 radical (unpaired) electrons. The second-order valence-corrected chi connectivity index (χ2v) is 9.93. The van der Waals surface area contributed by atoms with Crippen LogP contribution in [0.5, 0.6) is 0 Å². The third-order valence-electron chi connectivity index (χ3n) is 7.39. The summed E-state index contributed by atoms with van der Waals surface area (Å²) in [5.74, 6) is 3.23. The van der Waals surface area contributed by atoms with Crippen LogP contribution in [0.4, 0.5) is 10.2 Å². The Morgan fingerprint density at radius 3 is 2.51 bits per heavy atom. The zero-order chi connectivity index (χ0) is 24.4. The van der Waals surface area contributed by atoms with E-state index in [-0.39, 0.29) is 18.3 Å². The standard InChI is InChI=1S/C27H33FN6O/c1-19-6-8-21(9-7-19)27-30-26(22-10-11-23(28)20(2)17-22)31-34(27)18-25(35)33-15-13-32(14-16-33)24-5-3-4-12-29-24/h3-5,10-12,17,19,21H,6-9,13-16,18H2,1-2H3. The van der Waals surface area contributed by atoms with Crippen LogP contribution in [-0.2, 0) is 11.3 Å². The van der Waals surface area contributed by atoms with Crippen LogP contribution in [0.1, 0.15) is 49.9 Å². The molecule has 1 saturated heterocycles. The molecule has 1 aliphatic heterocycles. The predicted molar refractivity (Wildman–Crippen MR) is 134 cm³/mol. The highest BCUT2D eigenvalue weighted by atomic mass is 19.1. The lowest BCUT2D eigenvalue weighted by Crippen LogP contribution is -2.50. The number of rotatable bonds is 5. The first-order valence-electron chi connectivity index (χ1n) is 12.6. The van der Waals surface area contributed by atoms with Crippen LogP contribution in [0.2, 0.25) is 0 Å². The van der Waals surface area contributed by atoms with Gasteiger partial charge in [-0.3, -0.25) is 4.79 Å². The number of hydrogen-bond acceptors (Lipinski definition) is 5. The lowest BCUT2D eigenvalue weighted by Gasteiger charge is -2.35. The molecule has 0 unspecified atom stereocenters. The van der Waals surface area contributed by atoms with Gasteiger partial charge in [-0.2, -0.15) is 5.10 Å². The van der Waals surface area contributed by atoms with E-state index in [1.165, 1.54) is 6.07 Å². The summed E-state index contributed by atoms with van der Waals surface area (Å²) in [7, 11) is 0. The van der Waals surface area contributed by atoms with Crippen molar-refractivity contribution in [2.45, 2.75) is 52.0 Å². The minimum Gasteiger partial charge on any atom is -0.353 e. The second-order valence-electron chi connectivity index (χ2n) is 9.93. The average molecular weight is 477 g/mol. The number of aromatic nitrogens is 4. The Hall–Kier alpha value is -3.29. The molecule has 7 nitrogen and oxygen atoms in total. The van der Waals surface area contributed by atoms with E-state index in [0.717, 1.165) is 61.9 Å². The fourth-order valence-corrected chi connectivity index (χ4v) is 5.15. The van der Waals surface area contributed by atoms with Crippen molar-refractivity contribution >= 4 is 11.7 Å². The first kappa shape index (κ1) is 23.5. The minimum absolute atomic E-state index is 0.0582. The number of halogens is 1. The van der Waals surface area contributed by atoms with E-state index in [1.807, 2.05) is 27.8 Å². The highest BCUT2D eigenvalue weighted by molar-refractivity contribution is 5.76. The molecule has 1 aliphatic carbocycles. The van der Waals surface area contributed by atoms with Gasteiger partial charge in [0.25, 0.3) is 0 Å². The summed E-state index contributed by atoms with van der Waals surface area (Å²) in [5, 5.41) is 4.76. The fraction of sp³-hybridized carbons (Fsp3) is 0.481.